The Kier molecular flexibility index (Phi) is 6.04. The zero-order chi connectivity index (χ0) is 17.8. The summed E-state index contributed by atoms with van der Waals surface area (Å²) in [7, 11) is -3.97. The molecule has 1 rings (SSSR count). The zero-order valence-electron chi connectivity index (χ0n) is 13.0. The minimum absolute atomic E-state index is 0.142. The highest BCUT2D eigenvalue weighted by Gasteiger charge is 2.36. The van der Waals surface area contributed by atoms with Gasteiger partial charge in [-0.1, -0.05) is 12.1 Å². The lowest BCUT2D eigenvalue weighted by atomic mass is 10.1. The van der Waals surface area contributed by atoms with Gasteiger partial charge in [-0.3, -0.25) is 9.10 Å². The topological polar surface area (TPSA) is 66.5 Å². The standard InChI is InChI=1S/C14H19F3N2O3S/c1-10(2)18-13(20)8-9-19(23(3,21)22)12-7-5-4-6-11(12)14(15,16)17/h4-7,10H,8-9H2,1-3H3,(H,18,20). The van der Waals surface area contributed by atoms with Gasteiger partial charge in [0.1, 0.15) is 0 Å². The number of hydrogen-bond acceptors (Lipinski definition) is 3. The number of carbonyl (C=O) groups is 1. The van der Waals surface area contributed by atoms with E-state index in [0.717, 1.165) is 18.4 Å². The number of nitrogens with one attached hydrogen (secondary N) is 1. The van der Waals surface area contributed by atoms with E-state index in [1.54, 1.807) is 13.8 Å². The number of anilines is 1. The van der Waals surface area contributed by atoms with Crippen LogP contribution in [0.3, 0.4) is 0 Å². The van der Waals surface area contributed by atoms with Crippen LogP contribution < -0.4 is 9.62 Å². The number of amides is 1. The Balaban J connectivity index is 3.13. The van der Waals surface area contributed by atoms with E-state index < -0.39 is 33.4 Å². The predicted octanol–water partition coefficient (Wildman–Crippen LogP) is 2.39. The molecular formula is C14H19F3N2O3S. The first-order valence-electron chi connectivity index (χ1n) is 6.86. The summed E-state index contributed by atoms with van der Waals surface area (Å²) in [6.07, 6.45) is -4.13. The van der Waals surface area contributed by atoms with Crippen molar-refractivity contribution in [3.63, 3.8) is 0 Å². The fourth-order valence-corrected chi connectivity index (χ4v) is 2.93. The Hall–Kier alpha value is -1.77. The Bertz CT molecular complexity index is 657. The maximum absolute atomic E-state index is 13.1. The molecule has 23 heavy (non-hydrogen) atoms. The Morgan fingerprint density at radius 2 is 1.83 bits per heavy atom. The summed E-state index contributed by atoms with van der Waals surface area (Å²) in [5.74, 6) is -0.432. The molecule has 0 aliphatic heterocycles. The van der Waals surface area contributed by atoms with Gasteiger partial charge in [-0.25, -0.2) is 8.42 Å². The largest absolute Gasteiger partial charge is 0.418 e. The van der Waals surface area contributed by atoms with Gasteiger partial charge in [-0.2, -0.15) is 13.2 Å². The maximum Gasteiger partial charge on any atom is 0.418 e. The molecule has 0 bridgehead atoms. The van der Waals surface area contributed by atoms with Crippen LogP contribution in [-0.4, -0.2) is 33.2 Å². The highest BCUT2D eigenvalue weighted by atomic mass is 32.2. The van der Waals surface area contributed by atoms with Gasteiger partial charge in [-0.05, 0) is 26.0 Å². The minimum atomic E-state index is -4.69. The normalized spacial score (nSPS) is 12.3. The van der Waals surface area contributed by atoms with Crippen LogP contribution in [0.1, 0.15) is 25.8 Å². The third kappa shape index (κ3) is 5.74. The molecule has 1 aromatic carbocycles. The van der Waals surface area contributed by atoms with Crippen molar-refractivity contribution < 1.29 is 26.4 Å². The molecule has 1 N–H and O–H groups in total. The van der Waals surface area contributed by atoms with E-state index in [1.165, 1.54) is 12.1 Å². The Morgan fingerprint density at radius 1 is 1.26 bits per heavy atom. The minimum Gasteiger partial charge on any atom is -0.354 e. The third-order valence-corrected chi connectivity index (χ3v) is 4.05. The van der Waals surface area contributed by atoms with Crippen LogP contribution in [0.2, 0.25) is 0 Å². The van der Waals surface area contributed by atoms with Gasteiger partial charge in [0.25, 0.3) is 0 Å². The van der Waals surface area contributed by atoms with Gasteiger partial charge in [0.2, 0.25) is 15.9 Å². The van der Waals surface area contributed by atoms with E-state index in [1.807, 2.05) is 0 Å². The molecule has 0 heterocycles. The molecule has 1 aromatic rings. The maximum atomic E-state index is 13.1. The fraction of sp³-hybridized carbons (Fsp3) is 0.500. The van der Waals surface area contributed by atoms with Gasteiger partial charge < -0.3 is 5.32 Å². The molecule has 0 radical (unpaired) electrons. The highest BCUT2D eigenvalue weighted by Crippen LogP contribution is 2.37. The average Bonchev–Trinajstić information content (AvgIpc) is 2.35. The molecule has 9 heteroatoms. The molecule has 0 aromatic heterocycles. The van der Waals surface area contributed by atoms with Crippen LogP contribution in [0.5, 0.6) is 0 Å². The van der Waals surface area contributed by atoms with Crippen LogP contribution in [0.15, 0.2) is 24.3 Å². The lowest BCUT2D eigenvalue weighted by Crippen LogP contribution is -2.37. The molecule has 0 spiro atoms. The SMILES string of the molecule is CC(C)NC(=O)CCN(c1ccccc1C(F)(F)F)S(C)(=O)=O. The van der Waals surface area contributed by atoms with E-state index in [4.69, 9.17) is 0 Å². The van der Waals surface area contributed by atoms with Gasteiger partial charge in [0, 0.05) is 19.0 Å². The molecule has 130 valence electrons. The molecule has 0 saturated carbocycles. The first-order chi connectivity index (χ1) is 10.4. The summed E-state index contributed by atoms with van der Waals surface area (Å²) >= 11 is 0. The number of para-hydroxylation sites is 1. The van der Waals surface area contributed by atoms with Crippen LogP contribution in [0.25, 0.3) is 0 Å². The number of benzene rings is 1. The van der Waals surface area contributed by atoms with Crippen LogP contribution >= 0.6 is 0 Å². The second-order valence-corrected chi connectivity index (χ2v) is 7.23. The molecule has 0 aliphatic carbocycles. The quantitative estimate of drug-likeness (QED) is 0.855. The van der Waals surface area contributed by atoms with Crippen molar-refractivity contribution in [3.05, 3.63) is 29.8 Å². The Morgan fingerprint density at radius 3 is 2.30 bits per heavy atom. The second kappa shape index (κ2) is 7.20. The summed E-state index contributed by atoms with van der Waals surface area (Å²) in [5.41, 5.74) is -1.55. The molecule has 0 saturated heterocycles. The molecular weight excluding hydrogens is 333 g/mol. The van der Waals surface area contributed by atoms with Crippen molar-refractivity contribution in [1.82, 2.24) is 5.32 Å². The lowest BCUT2D eigenvalue weighted by Gasteiger charge is -2.25. The van der Waals surface area contributed by atoms with E-state index in [-0.39, 0.29) is 19.0 Å². The van der Waals surface area contributed by atoms with E-state index in [0.29, 0.717) is 4.31 Å². The molecule has 1 amide bonds. The first-order valence-corrected chi connectivity index (χ1v) is 8.71. The van der Waals surface area contributed by atoms with E-state index in [9.17, 15) is 26.4 Å². The molecule has 0 atom stereocenters. The van der Waals surface area contributed by atoms with Crippen LogP contribution in [-0.2, 0) is 21.0 Å². The van der Waals surface area contributed by atoms with E-state index >= 15 is 0 Å². The van der Waals surface area contributed by atoms with Crippen LogP contribution in [0.4, 0.5) is 18.9 Å². The van der Waals surface area contributed by atoms with Crippen molar-refractivity contribution >= 4 is 21.6 Å². The third-order valence-electron chi connectivity index (χ3n) is 2.87. The van der Waals surface area contributed by atoms with E-state index in [2.05, 4.69) is 5.32 Å². The smallest absolute Gasteiger partial charge is 0.354 e. The van der Waals surface area contributed by atoms with Crippen molar-refractivity contribution in [2.24, 2.45) is 0 Å². The number of halogens is 3. The highest BCUT2D eigenvalue weighted by molar-refractivity contribution is 7.92. The van der Waals surface area contributed by atoms with Crippen molar-refractivity contribution in [2.75, 3.05) is 17.1 Å². The zero-order valence-corrected chi connectivity index (χ0v) is 13.8. The summed E-state index contributed by atoms with van der Waals surface area (Å²) in [4.78, 5) is 11.6. The van der Waals surface area contributed by atoms with Crippen molar-refractivity contribution in [2.45, 2.75) is 32.5 Å². The summed E-state index contributed by atoms with van der Waals surface area (Å²) in [6.45, 7) is 3.08. The Labute approximate surface area is 133 Å². The fourth-order valence-electron chi connectivity index (χ4n) is 1.99. The molecule has 0 unspecified atom stereocenters. The molecule has 5 nitrogen and oxygen atoms in total. The van der Waals surface area contributed by atoms with Crippen molar-refractivity contribution in [1.29, 1.82) is 0 Å². The monoisotopic (exact) mass is 352 g/mol. The number of hydrogen-bond donors (Lipinski definition) is 1. The number of alkyl halides is 3. The summed E-state index contributed by atoms with van der Waals surface area (Å²) in [5, 5.41) is 2.56. The molecule has 0 fully saturated rings. The number of carbonyl (C=O) groups excluding carboxylic acids is 1. The number of sulfonamides is 1. The van der Waals surface area contributed by atoms with Gasteiger partial charge >= 0.3 is 6.18 Å². The van der Waals surface area contributed by atoms with Gasteiger partial charge in [0.15, 0.2) is 0 Å². The predicted molar refractivity (Wildman–Crippen MR) is 81.5 cm³/mol. The second-order valence-electron chi connectivity index (χ2n) is 5.32. The van der Waals surface area contributed by atoms with Crippen molar-refractivity contribution in [3.8, 4) is 0 Å². The van der Waals surface area contributed by atoms with Gasteiger partial charge in [-0.15, -0.1) is 0 Å². The average molecular weight is 352 g/mol. The number of nitrogens with zero attached hydrogens (tertiary/aromatic N) is 1. The summed E-state index contributed by atoms with van der Waals surface area (Å²) < 4.78 is 63.6. The first kappa shape index (κ1) is 19.3. The summed E-state index contributed by atoms with van der Waals surface area (Å²) in [6, 6.07) is 4.23. The number of rotatable bonds is 6. The van der Waals surface area contributed by atoms with Gasteiger partial charge in [0.05, 0.1) is 17.5 Å². The molecule has 0 aliphatic rings. The van der Waals surface area contributed by atoms with Crippen LogP contribution in [0, 0.1) is 0 Å². The lowest BCUT2D eigenvalue weighted by molar-refractivity contribution is -0.137.